The fourth-order valence-corrected chi connectivity index (χ4v) is 3.46. The van der Waals surface area contributed by atoms with E-state index in [0.29, 0.717) is 0 Å². The van der Waals surface area contributed by atoms with E-state index in [4.69, 9.17) is 4.74 Å². The number of non-ortho nitro benzene ring substituents is 2. The van der Waals surface area contributed by atoms with Crippen molar-refractivity contribution in [2.24, 2.45) is 0 Å². The van der Waals surface area contributed by atoms with E-state index in [1.807, 2.05) is 0 Å². The second-order valence-electron chi connectivity index (χ2n) is 7.08. The minimum absolute atomic E-state index is 0.00628. The van der Waals surface area contributed by atoms with Crippen LogP contribution in [0.4, 0.5) is 22.7 Å². The van der Waals surface area contributed by atoms with Crippen LogP contribution in [-0.4, -0.2) is 34.7 Å². The summed E-state index contributed by atoms with van der Waals surface area (Å²) in [6.45, 7) is 0. The molecule has 1 N–H and O–H groups in total. The molecule has 0 bridgehead atoms. The molecular weight excluding hydrogens is 448 g/mol. The summed E-state index contributed by atoms with van der Waals surface area (Å²) >= 11 is 0. The Balaban J connectivity index is 1.64. The molecule has 1 aliphatic heterocycles. The number of rotatable bonds is 6. The number of fused-ring (bicyclic) bond motifs is 1. The number of amides is 3. The van der Waals surface area contributed by atoms with E-state index in [1.54, 1.807) is 0 Å². The highest BCUT2D eigenvalue weighted by molar-refractivity contribution is 6.34. The van der Waals surface area contributed by atoms with Gasteiger partial charge < -0.3 is 10.1 Å². The van der Waals surface area contributed by atoms with Crippen LogP contribution in [0.15, 0.2) is 60.7 Å². The SMILES string of the molecule is COc1ccc([N+](=O)[O-])cc1NC(=O)c1cccc(N2C(=O)c3ccc([N+](=O)[O-])cc3C2=O)c1. The number of ether oxygens (including phenoxy) is 1. The van der Waals surface area contributed by atoms with E-state index in [-0.39, 0.29) is 45.2 Å². The summed E-state index contributed by atoms with van der Waals surface area (Å²) < 4.78 is 5.13. The van der Waals surface area contributed by atoms with Crippen molar-refractivity contribution in [2.75, 3.05) is 17.3 Å². The van der Waals surface area contributed by atoms with E-state index < -0.39 is 27.6 Å². The zero-order valence-electron chi connectivity index (χ0n) is 17.4. The maximum absolute atomic E-state index is 12.8. The fraction of sp³-hybridized carbons (Fsp3) is 0.0455. The molecule has 12 heteroatoms. The number of nitro groups is 2. The van der Waals surface area contributed by atoms with Gasteiger partial charge in [0.25, 0.3) is 29.1 Å². The molecule has 1 heterocycles. The van der Waals surface area contributed by atoms with Crippen molar-refractivity contribution < 1.29 is 29.0 Å². The predicted molar refractivity (Wildman–Crippen MR) is 118 cm³/mol. The summed E-state index contributed by atoms with van der Waals surface area (Å²) in [7, 11) is 1.34. The zero-order valence-corrected chi connectivity index (χ0v) is 17.4. The lowest BCUT2D eigenvalue weighted by molar-refractivity contribution is -0.385. The van der Waals surface area contributed by atoms with Crippen LogP contribution in [-0.2, 0) is 0 Å². The van der Waals surface area contributed by atoms with E-state index in [1.165, 1.54) is 49.6 Å². The Kier molecular flexibility index (Phi) is 5.47. The van der Waals surface area contributed by atoms with Crippen LogP contribution >= 0.6 is 0 Å². The number of nitrogens with zero attached hydrogens (tertiary/aromatic N) is 3. The van der Waals surface area contributed by atoms with Gasteiger partial charge in [0.1, 0.15) is 5.75 Å². The number of carbonyl (C=O) groups excluding carboxylic acids is 3. The Labute approximate surface area is 190 Å². The first kappa shape index (κ1) is 22.1. The van der Waals surface area contributed by atoms with E-state index in [9.17, 15) is 34.6 Å². The van der Waals surface area contributed by atoms with Crippen molar-refractivity contribution in [3.05, 3.63) is 97.6 Å². The lowest BCUT2D eigenvalue weighted by Crippen LogP contribution is -2.29. The molecular formula is C22H14N4O8. The fourth-order valence-electron chi connectivity index (χ4n) is 3.46. The van der Waals surface area contributed by atoms with Crippen LogP contribution in [0.25, 0.3) is 0 Å². The lowest BCUT2D eigenvalue weighted by Gasteiger charge is -2.15. The van der Waals surface area contributed by atoms with E-state index in [2.05, 4.69) is 5.32 Å². The number of hydrogen-bond donors (Lipinski definition) is 1. The largest absolute Gasteiger partial charge is 0.495 e. The Morgan fingerprint density at radius 1 is 0.882 bits per heavy atom. The van der Waals surface area contributed by atoms with Gasteiger partial charge in [-0.05, 0) is 30.3 Å². The first-order chi connectivity index (χ1) is 16.2. The maximum atomic E-state index is 12.8. The number of imide groups is 1. The summed E-state index contributed by atoms with van der Waals surface area (Å²) in [5.41, 5.74) is -0.519. The summed E-state index contributed by atoms with van der Waals surface area (Å²) in [6.07, 6.45) is 0. The highest BCUT2D eigenvalue weighted by Gasteiger charge is 2.38. The quantitative estimate of drug-likeness (QED) is 0.330. The van der Waals surface area contributed by atoms with Gasteiger partial charge >= 0.3 is 0 Å². The molecule has 3 amide bonds. The van der Waals surface area contributed by atoms with Crippen molar-refractivity contribution in [3.63, 3.8) is 0 Å². The van der Waals surface area contributed by atoms with Gasteiger partial charge in [0.2, 0.25) is 0 Å². The first-order valence-electron chi connectivity index (χ1n) is 9.62. The summed E-state index contributed by atoms with van der Waals surface area (Å²) in [4.78, 5) is 60.1. The third kappa shape index (κ3) is 3.79. The molecule has 0 unspecified atom stereocenters. The van der Waals surface area contributed by atoms with Gasteiger partial charge in [0, 0.05) is 29.8 Å². The normalized spacial score (nSPS) is 12.3. The molecule has 0 saturated heterocycles. The van der Waals surface area contributed by atoms with Gasteiger partial charge in [-0.3, -0.25) is 34.6 Å². The first-order valence-corrected chi connectivity index (χ1v) is 9.62. The molecule has 3 aromatic rings. The second kappa shape index (κ2) is 8.43. The zero-order chi connectivity index (χ0) is 24.6. The Hall–Kier alpha value is -5.13. The molecule has 4 rings (SSSR count). The predicted octanol–water partition coefficient (Wildman–Crippen LogP) is 3.56. The van der Waals surface area contributed by atoms with Crippen molar-refractivity contribution >= 4 is 40.5 Å². The third-order valence-electron chi connectivity index (χ3n) is 5.09. The average Bonchev–Trinajstić information content (AvgIpc) is 3.08. The van der Waals surface area contributed by atoms with Crippen LogP contribution in [0.5, 0.6) is 5.75 Å². The topological polar surface area (TPSA) is 162 Å². The summed E-state index contributed by atoms with van der Waals surface area (Å²) in [5, 5.41) is 24.6. The monoisotopic (exact) mass is 462 g/mol. The molecule has 0 atom stereocenters. The number of nitrogens with one attached hydrogen (secondary N) is 1. The summed E-state index contributed by atoms with van der Waals surface area (Å²) in [5.74, 6) is -1.93. The van der Waals surface area contributed by atoms with Crippen molar-refractivity contribution in [2.45, 2.75) is 0 Å². The smallest absolute Gasteiger partial charge is 0.271 e. The maximum Gasteiger partial charge on any atom is 0.271 e. The Morgan fingerprint density at radius 3 is 2.21 bits per heavy atom. The molecule has 3 aromatic carbocycles. The molecule has 170 valence electrons. The molecule has 12 nitrogen and oxygen atoms in total. The average molecular weight is 462 g/mol. The van der Waals surface area contributed by atoms with Gasteiger partial charge in [0.15, 0.2) is 0 Å². The van der Waals surface area contributed by atoms with Gasteiger partial charge in [-0.2, -0.15) is 0 Å². The van der Waals surface area contributed by atoms with E-state index >= 15 is 0 Å². The summed E-state index contributed by atoms with van der Waals surface area (Å²) in [6, 6.07) is 12.6. The highest BCUT2D eigenvalue weighted by Crippen LogP contribution is 2.32. The van der Waals surface area contributed by atoms with Crippen molar-refractivity contribution in [1.29, 1.82) is 0 Å². The molecule has 1 aliphatic rings. The standard InChI is InChI=1S/C22H14N4O8/c1-34-19-8-6-15(26(32)33)11-18(19)23-20(27)12-3-2-4-13(9-12)24-21(28)16-7-5-14(25(30)31)10-17(16)22(24)29/h2-11H,1H3,(H,23,27). The minimum atomic E-state index is -0.762. The van der Waals surface area contributed by atoms with Gasteiger partial charge in [-0.1, -0.05) is 6.07 Å². The number of nitro benzene ring substituents is 2. The van der Waals surface area contributed by atoms with Crippen molar-refractivity contribution in [3.8, 4) is 5.75 Å². The van der Waals surface area contributed by atoms with Crippen LogP contribution in [0.1, 0.15) is 31.1 Å². The highest BCUT2D eigenvalue weighted by atomic mass is 16.6. The van der Waals surface area contributed by atoms with Gasteiger partial charge in [-0.15, -0.1) is 0 Å². The van der Waals surface area contributed by atoms with Crippen LogP contribution in [0, 0.1) is 20.2 Å². The van der Waals surface area contributed by atoms with Crippen molar-refractivity contribution in [1.82, 2.24) is 0 Å². The van der Waals surface area contributed by atoms with E-state index in [0.717, 1.165) is 23.1 Å². The Morgan fingerprint density at radius 2 is 1.53 bits per heavy atom. The number of carbonyl (C=O) groups is 3. The molecule has 34 heavy (non-hydrogen) atoms. The molecule has 0 spiro atoms. The van der Waals surface area contributed by atoms with Crippen LogP contribution < -0.4 is 15.0 Å². The number of methoxy groups -OCH3 is 1. The third-order valence-corrected chi connectivity index (χ3v) is 5.09. The van der Waals surface area contributed by atoms with Crippen LogP contribution in [0.3, 0.4) is 0 Å². The number of benzene rings is 3. The molecule has 0 fully saturated rings. The molecule has 0 aromatic heterocycles. The minimum Gasteiger partial charge on any atom is -0.495 e. The molecule has 0 aliphatic carbocycles. The lowest BCUT2D eigenvalue weighted by atomic mass is 10.1. The molecule has 0 radical (unpaired) electrons. The second-order valence-corrected chi connectivity index (χ2v) is 7.08. The molecule has 0 saturated carbocycles. The number of anilines is 2. The Bertz CT molecular complexity index is 1400. The van der Waals surface area contributed by atoms with Gasteiger partial charge in [-0.25, -0.2) is 4.90 Å². The van der Waals surface area contributed by atoms with Crippen LogP contribution in [0.2, 0.25) is 0 Å². The number of hydrogen-bond acceptors (Lipinski definition) is 8. The van der Waals surface area contributed by atoms with Gasteiger partial charge in [0.05, 0.1) is 39.5 Å².